The number of carbonyl (C=O) groups excluding carboxylic acids is 2. The van der Waals surface area contributed by atoms with Crippen molar-refractivity contribution in [2.45, 2.75) is 76.5 Å². The molecule has 6 rings (SSSR count). The zero-order valence-corrected chi connectivity index (χ0v) is 20.9. The number of nitriles is 1. The van der Waals surface area contributed by atoms with Gasteiger partial charge in [-0.1, -0.05) is 24.5 Å². The molecule has 0 unspecified atom stereocenters. The number of hydrogen-bond acceptors (Lipinski definition) is 7. The Balaban J connectivity index is 1.11. The summed E-state index contributed by atoms with van der Waals surface area (Å²) in [6, 6.07) is 7.74. The molecule has 3 fully saturated rings. The molecule has 2 atom stereocenters. The summed E-state index contributed by atoms with van der Waals surface area (Å²) in [4.78, 5) is 31.8. The molecule has 1 amide bonds. The van der Waals surface area contributed by atoms with Crippen molar-refractivity contribution in [3.8, 4) is 6.07 Å². The maximum absolute atomic E-state index is 12.8. The minimum Gasteiger partial charge on any atom is -0.441 e. The molecule has 0 N–H and O–H groups in total. The molecule has 37 heavy (non-hydrogen) atoms. The van der Waals surface area contributed by atoms with Gasteiger partial charge in [-0.15, -0.1) is 5.10 Å². The summed E-state index contributed by atoms with van der Waals surface area (Å²) >= 11 is 0. The molecule has 1 spiro atoms. The fraction of sp³-hybridized carbons (Fsp3) is 0.556. The summed E-state index contributed by atoms with van der Waals surface area (Å²) in [7, 11) is 0. The first-order valence-corrected chi connectivity index (χ1v) is 13.3. The summed E-state index contributed by atoms with van der Waals surface area (Å²) in [5.74, 6) is 0.350. The maximum atomic E-state index is 12.8. The van der Waals surface area contributed by atoms with Gasteiger partial charge in [0.1, 0.15) is 11.3 Å². The molecule has 2 aromatic heterocycles. The van der Waals surface area contributed by atoms with Crippen LogP contribution in [0.3, 0.4) is 0 Å². The fourth-order valence-corrected chi connectivity index (χ4v) is 6.41. The van der Waals surface area contributed by atoms with Gasteiger partial charge in [-0.25, -0.2) is 9.78 Å². The Bertz CT molecular complexity index is 1370. The summed E-state index contributed by atoms with van der Waals surface area (Å²) in [6.07, 6.45) is 12.0. The zero-order chi connectivity index (χ0) is 25.4. The van der Waals surface area contributed by atoms with Gasteiger partial charge in [0, 0.05) is 12.5 Å². The van der Waals surface area contributed by atoms with Crippen molar-refractivity contribution in [2.24, 2.45) is 11.8 Å². The highest BCUT2D eigenvalue weighted by atomic mass is 16.6. The van der Waals surface area contributed by atoms with Crippen LogP contribution in [0.25, 0.3) is 11.0 Å². The third-order valence-electron chi connectivity index (χ3n) is 8.23. The number of fused-ring (bicyclic) bond motifs is 1. The molecule has 2 aliphatic carbocycles. The third-order valence-corrected chi connectivity index (χ3v) is 8.23. The van der Waals surface area contributed by atoms with E-state index in [-0.39, 0.29) is 24.5 Å². The first-order valence-electron chi connectivity index (χ1n) is 13.3. The van der Waals surface area contributed by atoms with Crippen LogP contribution in [0.4, 0.5) is 4.79 Å². The number of nitrogens with zero attached hydrogens (tertiary/aromatic N) is 7. The van der Waals surface area contributed by atoms with Gasteiger partial charge in [-0.3, -0.25) is 9.69 Å². The second-order valence-electron chi connectivity index (χ2n) is 10.9. The fourth-order valence-electron chi connectivity index (χ4n) is 6.41. The van der Waals surface area contributed by atoms with Gasteiger partial charge in [0.2, 0.25) is 0 Å². The third kappa shape index (κ3) is 4.70. The van der Waals surface area contributed by atoms with Gasteiger partial charge in [0.05, 0.1) is 48.3 Å². The van der Waals surface area contributed by atoms with Gasteiger partial charge in [0.15, 0.2) is 0 Å². The molecule has 10 heteroatoms. The van der Waals surface area contributed by atoms with Crippen LogP contribution in [0.15, 0.2) is 30.7 Å². The Labute approximate surface area is 215 Å². The van der Waals surface area contributed by atoms with Crippen molar-refractivity contribution >= 4 is 23.0 Å². The van der Waals surface area contributed by atoms with Crippen molar-refractivity contribution in [2.75, 3.05) is 6.54 Å². The molecule has 1 aliphatic heterocycles. The number of aromatic nitrogens is 5. The average molecular weight is 502 g/mol. The molecule has 3 aromatic rings. The van der Waals surface area contributed by atoms with Gasteiger partial charge >= 0.3 is 6.09 Å². The number of amides is 1. The van der Waals surface area contributed by atoms with E-state index in [0.717, 1.165) is 68.9 Å². The standard InChI is InChI=1S/C27H31N7O3/c28-13-19-8-9-23-24(11-19)33(18-29-23)14-20-5-4-10-27(12-20)17-32(26(36)37-27)15-22-16-34(31-30-22)25(35)21-6-2-1-3-7-21/h8-9,11,16,18,20-21H,1-7,10,12,14-15,17H2/t20-,27-/m0/s1. The van der Waals surface area contributed by atoms with Crippen molar-refractivity contribution in [1.29, 1.82) is 5.26 Å². The number of benzene rings is 1. The van der Waals surface area contributed by atoms with E-state index in [1.165, 1.54) is 11.1 Å². The van der Waals surface area contributed by atoms with E-state index in [2.05, 4.69) is 25.9 Å². The lowest BCUT2D eigenvalue weighted by molar-refractivity contribution is 0.00414. The van der Waals surface area contributed by atoms with E-state index in [1.54, 1.807) is 17.2 Å². The molecule has 2 saturated carbocycles. The Morgan fingerprint density at radius 3 is 2.89 bits per heavy atom. The van der Waals surface area contributed by atoms with Crippen molar-refractivity contribution < 1.29 is 14.3 Å². The lowest BCUT2D eigenvalue weighted by Gasteiger charge is -2.36. The molecule has 1 aromatic carbocycles. The average Bonchev–Trinajstić information content (AvgIpc) is 3.62. The summed E-state index contributed by atoms with van der Waals surface area (Å²) in [6.45, 7) is 1.56. The topological polar surface area (TPSA) is 119 Å². The Morgan fingerprint density at radius 1 is 1.19 bits per heavy atom. The monoisotopic (exact) mass is 501 g/mol. The van der Waals surface area contributed by atoms with Crippen molar-refractivity contribution in [3.05, 3.63) is 42.0 Å². The lowest BCUT2D eigenvalue weighted by atomic mass is 9.78. The number of hydrogen-bond donors (Lipinski definition) is 0. The predicted octanol–water partition coefficient (Wildman–Crippen LogP) is 4.30. The molecular weight excluding hydrogens is 470 g/mol. The van der Waals surface area contributed by atoms with Crippen LogP contribution in [-0.2, 0) is 17.8 Å². The molecule has 0 radical (unpaired) electrons. The minimum absolute atomic E-state index is 0.00274. The first kappa shape index (κ1) is 23.6. The Kier molecular flexibility index (Phi) is 6.14. The summed E-state index contributed by atoms with van der Waals surface area (Å²) < 4.78 is 9.46. The minimum atomic E-state index is -0.512. The van der Waals surface area contributed by atoms with E-state index < -0.39 is 5.60 Å². The van der Waals surface area contributed by atoms with E-state index >= 15 is 0 Å². The Morgan fingerprint density at radius 2 is 2.05 bits per heavy atom. The quantitative estimate of drug-likeness (QED) is 0.511. The highest BCUT2D eigenvalue weighted by Gasteiger charge is 2.48. The van der Waals surface area contributed by atoms with Crippen molar-refractivity contribution in [1.82, 2.24) is 29.4 Å². The van der Waals surface area contributed by atoms with E-state index in [1.807, 2.05) is 18.5 Å². The zero-order valence-electron chi connectivity index (χ0n) is 20.9. The second kappa shape index (κ2) is 9.61. The highest BCUT2D eigenvalue weighted by molar-refractivity contribution is 5.80. The molecule has 1 saturated heterocycles. The van der Waals surface area contributed by atoms with E-state index in [4.69, 9.17) is 4.74 Å². The number of rotatable bonds is 5. The summed E-state index contributed by atoms with van der Waals surface area (Å²) in [5, 5.41) is 17.5. The van der Waals surface area contributed by atoms with Crippen LogP contribution in [0.1, 0.15) is 73.8 Å². The SMILES string of the molecule is N#Cc1ccc2ncn(C[C@H]3CCC[C@]4(C3)CN(Cc3cn(C(=O)C5CCCCC5)nn3)C(=O)O4)c2c1. The van der Waals surface area contributed by atoms with Gasteiger partial charge in [-0.2, -0.15) is 9.94 Å². The molecule has 3 aliphatic rings. The number of carbonyl (C=O) groups is 2. The van der Waals surface area contributed by atoms with Crippen LogP contribution in [-0.4, -0.2) is 53.6 Å². The largest absolute Gasteiger partial charge is 0.441 e. The number of ether oxygens (including phenoxy) is 1. The van der Waals surface area contributed by atoms with Gasteiger partial charge < -0.3 is 9.30 Å². The normalized spacial score (nSPS) is 24.5. The molecule has 192 valence electrons. The molecule has 0 bridgehead atoms. The smallest absolute Gasteiger partial charge is 0.410 e. The van der Waals surface area contributed by atoms with Crippen LogP contribution >= 0.6 is 0 Å². The predicted molar refractivity (Wildman–Crippen MR) is 133 cm³/mol. The first-order chi connectivity index (χ1) is 18.0. The summed E-state index contributed by atoms with van der Waals surface area (Å²) in [5.41, 5.74) is 2.53. The van der Waals surface area contributed by atoms with Gasteiger partial charge in [-0.05, 0) is 62.6 Å². The van der Waals surface area contributed by atoms with Crippen molar-refractivity contribution in [3.63, 3.8) is 0 Å². The molecule has 3 heterocycles. The lowest BCUT2D eigenvalue weighted by Crippen LogP contribution is -2.40. The van der Waals surface area contributed by atoms with Gasteiger partial charge in [0.25, 0.3) is 5.91 Å². The number of imidazole rings is 1. The maximum Gasteiger partial charge on any atom is 0.410 e. The highest BCUT2D eigenvalue weighted by Crippen LogP contribution is 2.41. The van der Waals surface area contributed by atoms with Crippen LogP contribution in [0.2, 0.25) is 0 Å². The Hall–Kier alpha value is -3.74. The van der Waals surface area contributed by atoms with E-state index in [9.17, 15) is 14.9 Å². The molecule has 10 nitrogen and oxygen atoms in total. The van der Waals surface area contributed by atoms with Crippen LogP contribution in [0.5, 0.6) is 0 Å². The second-order valence-corrected chi connectivity index (χ2v) is 10.9. The van der Waals surface area contributed by atoms with Crippen LogP contribution < -0.4 is 0 Å². The van der Waals surface area contributed by atoms with E-state index in [0.29, 0.717) is 23.7 Å². The van der Waals surface area contributed by atoms with Crippen LogP contribution in [0, 0.1) is 23.2 Å². The molecular formula is C27H31N7O3.